The van der Waals surface area contributed by atoms with Crippen LogP contribution in [0.3, 0.4) is 0 Å². The van der Waals surface area contributed by atoms with Gasteiger partial charge in [0.2, 0.25) is 0 Å². The van der Waals surface area contributed by atoms with E-state index in [2.05, 4.69) is 14.6 Å². The van der Waals surface area contributed by atoms with Crippen molar-refractivity contribution in [3.8, 4) is 0 Å². The van der Waals surface area contributed by atoms with Crippen LogP contribution in [0, 0.1) is 15.0 Å². The Kier molecular flexibility index (Phi) is 4.27. The van der Waals surface area contributed by atoms with Gasteiger partial charge >= 0.3 is 0 Å². The number of nitro benzene ring substituents is 1. The summed E-state index contributed by atoms with van der Waals surface area (Å²) < 4.78 is 4.78. The molecule has 1 unspecified atom stereocenters. The van der Waals surface area contributed by atoms with Gasteiger partial charge in [0.1, 0.15) is 6.54 Å². The van der Waals surface area contributed by atoms with Crippen molar-refractivity contribution < 1.29 is 9.45 Å². The van der Waals surface area contributed by atoms with E-state index < -0.39 is 4.92 Å². The molecule has 15 heavy (non-hydrogen) atoms. The van der Waals surface area contributed by atoms with Gasteiger partial charge in [-0.2, -0.15) is 4.91 Å². The molecule has 0 aliphatic heterocycles. The maximum Gasteiger partial charge on any atom is 0.270 e. The molecule has 0 radical (unpaired) electrons. The van der Waals surface area contributed by atoms with Gasteiger partial charge in [-0.1, -0.05) is 11.2 Å². The van der Waals surface area contributed by atoms with Crippen LogP contribution >= 0.6 is 9.47 Å². The van der Waals surface area contributed by atoms with E-state index in [0.717, 1.165) is 0 Å². The first-order valence-corrected chi connectivity index (χ1v) is 4.52. The van der Waals surface area contributed by atoms with E-state index in [1.165, 1.54) is 12.1 Å². The summed E-state index contributed by atoms with van der Waals surface area (Å²) in [7, 11) is 2.06. The number of nitro groups is 1. The molecule has 0 saturated carbocycles. The second kappa shape index (κ2) is 5.48. The molecule has 1 rings (SSSR count). The fourth-order valence-corrected chi connectivity index (χ4v) is 1.39. The van der Waals surface area contributed by atoms with Gasteiger partial charge < -0.3 is 4.52 Å². The summed E-state index contributed by atoms with van der Waals surface area (Å²) in [6.07, 6.45) is 0. The van der Waals surface area contributed by atoms with Gasteiger partial charge in [0.25, 0.3) is 5.69 Å². The third-order valence-corrected chi connectivity index (χ3v) is 1.91. The fourth-order valence-electron chi connectivity index (χ4n) is 1.19. The minimum Gasteiger partial charge on any atom is -0.361 e. The highest BCUT2D eigenvalue weighted by Gasteiger charge is 2.09. The zero-order chi connectivity index (χ0) is 11.3. The lowest BCUT2D eigenvalue weighted by atomic mass is 10.1. The molecule has 0 bridgehead atoms. The van der Waals surface area contributed by atoms with E-state index in [-0.39, 0.29) is 18.8 Å². The van der Waals surface area contributed by atoms with E-state index in [1.807, 2.05) is 0 Å². The first-order valence-electron chi connectivity index (χ1n) is 4.05. The van der Waals surface area contributed by atoms with Crippen LogP contribution in [0.4, 0.5) is 5.69 Å². The second-order valence-corrected chi connectivity index (χ2v) is 3.20. The molecule has 0 spiro atoms. The average molecular weight is 228 g/mol. The number of hydrogen-bond donors (Lipinski definition) is 0. The topological polar surface area (TPSA) is 81.8 Å². The second-order valence-electron chi connectivity index (χ2n) is 2.86. The van der Waals surface area contributed by atoms with E-state index in [4.69, 9.17) is 4.52 Å². The molecule has 80 valence electrons. The Labute approximate surface area is 88.0 Å². The summed E-state index contributed by atoms with van der Waals surface area (Å²) in [6.45, 7) is 0.156. The molecular formula is C8H9N2O4P. The molecule has 1 atom stereocenters. The smallest absolute Gasteiger partial charge is 0.270 e. The fraction of sp³-hybridized carbons (Fsp3) is 0.250. The Hall–Kier alpha value is -1.39. The predicted molar refractivity (Wildman–Crippen MR) is 57.1 cm³/mol. The lowest BCUT2D eigenvalue weighted by Gasteiger charge is -2.02. The largest absolute Gasteiger partial charge is 0.361 e. The summed E-state index contributed by atoms with van der Waals surface area (Å²) in [5.41, 5.74) is 1.09. The summed E-state index contributed by atoms with van der Waals surface area (Å²) in [6, 6.07) is 4.38. The minimum absolute atomic E-state index is 0.0619. The van der Waals surface area contributed by atoms with Crippen LogP contribution in [0.2, 0.25) is 0 Å². The number of nitroso groups, excluding NO2 is 1. The van der Waals surface area contributed by atoms with Gasteiger partial charge in [0.15, 0.2) is 0 Å². The highest BCUT2D eigenvalue weighted by molar-refractivity contribution is 7.09. The average Bonchev–Trinajstić information content (AvgIpc) is 2.18. The SMILES string of the molecule is O=NCc1cc(COP)cc([N+](=O)[O-])c1. The minimum atomic E-state index is -0.513. The highest BCUT2D eigenvalue weighted by Crippen LogP contribution is 2.19. The van der Waals surface area contributed by atoms with Gasteiger partial charge in [-0.05, 0) is 11.1 Å². The summed E-state index contributed by atoms with van der Waals surface area (Å²) >= 11 is 0. The standard InChI is InChI=1S/C8H9N2O4P/c11-9-4-6-1-7(5-14-15)3-8(2-6)10(12)13/h1-3H,4-5,15H2. The summed E-state index contributed by atoms with van der Waals surface area (Å²) in [5.74, 6) is 0. The molecule has 0 heterocycles. The zero-order valence-corrected chi connectivity index (χ0v) is 8.91. The van der Waals surface area contributed by atoms with Crippen molar-refractivity contribution in [3.05, 3.63) is 44.3 Å². The van der Waals surface area contributed by atoms with Crippen molar-refractivity contribution in [2.24, 2.45) is 5.18 Å². The maximum atomic E-state index is 10.6. The van der Waals surface area contributed by atoms with Crippen molar-refractivity contribution in [3.63, 3.8) is 0 Å². The first kappa shape index (κ1) is 11.7. The Morgan fingerprint density at radius 1 is 1.40 bits per heavy atom. The number of hydrogen-bond acceptors (Lipinski definition) is 5. The van der Waals surface area contributed by atoms with Crippen molar-refractivity contribution in [1.29, 1.82) is 0 Å². The predicted octanol–water partition coefficient (Wildman–Crippen LogP) is 2.17. The lowest BCUT2D eigenvalue weighted by molar-refractivity contribution is -0.385. The van der Waals surface area contributed by atoms with Crippen LogP contribution < -0.4 is 0 Å². The third-order valence-electron chi connectivity index (χ3n) is 1.75. The Morgan fingerprint density at radius 2 is 2.07 bits per heavy atom. The van der Waals surface area contributed by atoms with Crippen molar-refractivity contribution in [2.45, 2.75) is 13.2 Å². The van der Waals surface area contributed by atoms with Crippen LogP contribution in [-0.2, 0) is 17.7 Å². The van der Waals surface area contributed by atoms with E-state index >= 15 is 0 Å². The Balaban J connectivity index is 3.07. The molecule has 0 saturated heterocycles. The molecule has 7 heteroatoms. The monoisotopic (exact) mass is 228 g/mol. The van der Waals surface area contributed by atoms with Crippen molar-refractivity contribution in [1.82, 2.24) is 0 Å². The van der Waals surface area contributed by atoms with Crippen LogP contribution in [0.1, 0.15) is 11.1 Å². The molecule has 0 fully saturated rings. The lowest BCUT2D eigenvalue weighted by Crippen LogP contribution is -1.94. The van der Waals surface area contributed by atoms with E-state index in [1.54, 1.807) is 6.07 Å². The first-order chi connectivity index (χ1) is 7.17. The Morgan fingerprint density at radius 3 is 2.60 bits per heavy atom. The molecule has 1 aromatic carbocycles. The molecular weight excluding hydrogens is 219 g/mol. The third kappa shape index (κ3) is 3.34. The number of non-ortho nitro benzene ring substituents is 1. The normalized spacial score (nSPS) is 9.93. The van der Waals surface area contributed by atoms with Crippen LogP contribution in [0.15, 0.2) is 23.4 Å². The van der Waals surface area contributed by atoms with Gasteiger partial charge in [-0.15, -0.1) is 0 Å². The maximum absolute atomic E-state index is 10.6. The van der Waals surface area contributed by atoms with Crippen molar-refractivity contribution >= 4 is 15.2 Å². The molecule has 6 nitrogen and oxygen atoms in total. The van der Waals surface area contributed by atoms with Gasteiger partial charge in [-0.3, -0.25) is 10.1 Å². The molecule has 1 aromatic rings. The highest BCUT2D eigenvalue weighted by atomic mass is 31.0. The molecule has 0 aliphatic carbocycles. The van der Waals surface area contributed by atoms with Crippen molar-refractivity contribution in [2.75, 3.05) is 0 Å². The van der Waals surface area contributed by atoms with Gasteiger partial charge in [0.05, 0.1) is 11.5 Å². The summed E-state index contributed by atoms with van der Waals surface area (Å²) in [4.78, 5) is 20.1. The molecule has 0 aliphatic rings. The molecule has 0 N–H and O–H groups in total. The number of rotatable bonds is 5. The van der Waals surface area contributed by atoms with Gasteiger partial charge in [-0.25, -0.2) is 0 Å². The van der Waals surface area contributed by atoms with Crippen LogP contribution in [0.5, 0.6) is 0 Å². The zero-order valence-electron chi connectivity index (χ0n) is 7.75. The number of nitrogens with zero attached hydrogens (tertiary/aromatic N) is 2. The quantitative estimate of drug-likeness (QED) is 0.334. The molecule has 0 aromatic heterocycles. The number of benzene rings is 1. The van der Waals surface area contributed by atoms with Gasteiger partial charge in [0, 0.05) is 21.6 Å². The van der Waals surface area contributed by atoms with E-state index in [0.29, 0.717) is 11.1 Å². The van der Waals surface area contributed by atoms with E-state index in [9.17, 15) is 15.0 Å². The van der Waals surface area contributed by atoms with Crippen LogP contribution in [-0.4, -0.2) is 4.92 Å². The summed E-state index contributed by atoms with van der Waals surface area (Å²) in [5, 5.41) is 13.3. The molecule has 0 amide bonds. The Bertz CT molecular complexity index is 383. The van der Waals surface area contributed by atoms with Crippen LogP contribution in [0.25, 0.3) is 0 Å².